The summed E-state index contributed by atoms with van der Waals surface area (Å²) >= 11 is 0. The minimum absolute atomic E-state index is 0.0149. The van der Waals surface area contributed by atoms with Gasteiger partial charge in [0.25, 0.3) is 0 Å². The lowest BCUT2D eigenvalue weighted by Crippen LogP contribution is -2.39. The van der Waals surface area contributed by atoms with Crippen molar-refractivity contribution in [1.82, 2.24) is 10.6 Å². The predicted molar refractivity (Wildman–Crippen MR) is 46.4 cm³/mol. The van der Waals surface area contributed by atoms with Gasteiger partial charge in [0.05, 0.1) is 5.92 Å². The van der Waals surface area contributed by atoms with Crippen molar-refractivity contribution in [2.45, 2.75) is 25.3 Å². The third-order valence-electron chi connectivity index (χ3n) is 2.34. The van der Waals surface area contributed by atoms with Crippen LogP contribution in [0.25, 0.3) is 0 Å². The molecule has 1 saturated carbocycles. The van der Waals surface area contributed by atoms with Crippen molar-refractivity contribution >= 4 is 12.0 Å². The van der Waals surface area contributed by atoms with Crippen LogP contribution in [-0.2, 0) is 4.79 Å². The number of carbonyl (C=O) groups is 2. The second-order valence-electron chi connectivity index (χ2n) is 3.27. The van der Waals surface area contributed by atoms with E-state index in [0.717, 1.165) is 6.42 Å². The summed E-state index contributed by atoms with van der Waals surface area (Å²) in [4.78, 5) is 21.4. The SMILES string of the molecule is CNC(=O)N[C@H]1CC[C@@H](C(=O)O)C1. The Balaban J connectivity index is 2.33. The highest BCUT2D eigenvalue weighted by molar-refractivity contribution is 5.74. The summed E-state index contributed by atoms with van der Waals surface area (Å²) in [6, 6.07) is -0.225. The number of amides is 2. The second kappa shape index (κ2) is 4.11. The number of aliphatic carboxylic acids is 1. The maximum absolute atomic E-state index is 10.9. The number of urea groups is 1. The van der Waals surface area contributed by atoms with E-state index in [0.29, 0.717) is 12.8 Å². The monoisotopic (exact) mass is 186 g/mol. The van der Waals surface area contributed by atoms with Gasteiger partial charge in [-0.05, 0) is 19.3 Å². The molecule has 5 heteroatoms. The molecule has 0 aliphatic heterocycles. The molecule has 1 fully saturated rings. The predicted octanol–water partition coefficient (Wildman–Crippen LogP) is 0.169. The van der Waals surface area contributed by atoms with Gasteiger partial charge in [-0.25, -0.2) is 4.79 Å². The Morgan fingerprint density at radius 3 is 2.54 bits per heavy atom. The van der Waals surface area contributed by atoms with Gasteiger partial charge in [-0.1, -0.05) is 0 Å². The standard InChI is InChI=1S/C8H14N2O3/c1-9-8(13)10-6-3-2-5(4-6)7(11)12/h5-6H,2-4H2,1H3,(H,11,12)(H2,9,10,13)/t5-,6+/m1/s1. The average molecular weight is 186 g/mol. The van der Waals surface area contributed by atoms with E-state index in [9.17, 15) is 9.59 Å². The van der Waals surface area contributed by atoms with Gasteiger partial charge in [0.15, 0.2) is 0 Å². The van der Waals surface area contributed by atoms with E-state index < -0.39 is 5.97 Å². The fourth-order valence-corrected chi connectivity index (χ4v) is 1.59. The second-order valence-corrected chi connectivity index (χ2v) is 3.27. The van der Waals surface area contributed by atoms with Crippen LogP contribution in [0.2, 0.25) is 0 Å². The zero-order valence-electron chi connectivity index (χ0n) is 7.54. The van der Waals surface area contributed by atoms with Gasteiger partial charge in [0.2, 0.25) is 0 Å². The Bertz CT molecular complexity index is 217. The van der Waals surface area contributed by atoms with E-state index in [4.69, 9.17) is 5.11 Å². The third-order valence-corrected chi connectivity index (χ3v) is 2.34. The molecule has 0 aromatic carbocycles. The molecule has 2 atom stereocenters. The molecule has 1 rings (SSSR count). The molecule has 0 radical (unpaired) electrons. The first-order valence-electron chi connectivity index (χ1n) is 4.34. The summed E-state index contributed by atoms with van der Waals surface area (Å²) in [6.07, 6.45) is 1.96. The molecule has 3 N–H and O–H groups in total. The van der Waals surface area contributed by atoms with Crippen LogP contribution >= 0.6 is 0 Å². The normalized spacial score (nSPS) is 26.8. The van der Waals surface area contributed by atoms with Crippen LogP contribution in [0.4, 0.5) is 4.79 Å². The molecule has 0 saturated heterocycles. The van der Waals surface area contributed by atoms with E-state index in [-0.39, 0.29) is 18.0 Å². The Kier molecular flexibility index (Phi) is 3.11. The maximum atomic E-state index is 10.9. The van der Waals surface area contributed by atoms with Crippen LogP contribution < -0.4 is 10.6 Å². The van der Waals surface area contributed by atoms with Crippen LogP contribution in [0.5, 0.6) is 0 Å². The number of hydrogen-bond acceptors (Lipinski definition) is 2. The first-order valence-corrected chi connectivity index (χ1v) is 4.34. The summed E-state index contributed by atoms with van der Waals surface area (Å²) in [6.45, 7) is 0. The number of carboxylic acids is 1. The molecule has 1 aliphatic rings. The van der Waals surface area contributed by atoms with Gasteiger partial charge >= 0.3 is 12.0 Å². The third kappa shape index (κ3) is 2.61. The van der Waals surface area contributed by atoms with Crippen molar-refractivity contribution < 1.29 is 14.7 Å². The number of carboxylic acid groups (broad SMARTS) is 1. The summed E-state index contributed by atoms with van der Waals surface area (Å²) < 4.78 is 0. The number of rotatable bonds is 2. The van der Waals surface area contributed by atoms with Gasteiger partial charge in [-0.2, -0.15) is 0 Å². The van der Waals surface area contributed by atoms with E-state index in [1.807, 2.05) is 0 Å². The van der Waals surface area contributed by atoms with Crippen molar-refractivity contribution in [3.63, 3.8) is 0 Å². The number of carbonyl (C=O) groups excluding carboxylic acids is 1. The highest BCUT2D eigenvalue weighted by Crippen LogP contribution is 2.25. The molecule has 2 amide bonds. The van der Waals surface area contributed by atoms with Crippen LogP contribution in [0.15, 0.2) is 0 Å². The van der Waals surface area contributed by atoms with E-state index in [2.05, 4.69) is 10.6 Å². The zero-order valence-corrected chi connectivity index (χ0v) is 7.54. The van der Waals surface area contributed by atoms with Gasteiger partial charge in [0.1, 0.15) is 0 Å². The van der Waals surface area contributed by atoms with Crippen LogP contribution in [0.3, 0.4) is 0 Å². The Hall–Kier alpha value is -1.26. The molecule has 0 heterocycles. The molecule has 74 valence electrons. The molecular weight excluding hydrogens is 172 g/mol. The largest absolute Gasteiger partial charge is 0.481 e. The first-order chi connectivity index (χ1) is 6.13. The summed E-state index contributed by atoms with van der Waals surface area (Å²) in [5, 5.41) is 13.8. The zero-order chi connectivity index (χ0) is 9.84. The van der Waals surface area contributed by atoms with Crippen molar-refractivity contribution in [2.24, 2.45) is 5.92 Å². The molecule has 0 bridgehead atoms. The molecule has 13 heavy (non-hydrogen) atoms. The number of nitrogens with one attached hydrogen (secondary N) is 2. The summed E-state index contributed by atoms with van der Waals surface area (Å²) in [5.41, 5.74) is 0. The Morgan fingerprint density at radius 1 is 1.38 bits per heavy atom. The number of hydrogen-bond donors (Lipinski definition) is 3. The molecule has 0 unspecified atom stereocenters. The molecule has 0 aromatic heterocycles. The van der Waals surface area contributed by atoms with Gasteiger partial charge in [-0.15, -0.1) is 0 Å². The average Bonchev–Trinajstić information content (AvgIpc) is 2.52. The van der Waals surface area contributed by atoms with E-state index >= 15 is 0 Å². The molecule has 0 aromatic rings. The Labute approximate surface area is 76.5 Å². The Morgan fingerprint density at radius 2 is 2.08 bits per heavy atom. The minimum atomic E-state index is -0.763. The molecule has 1 aliphatic carbocycles. The fourth-order valence-electron chi connectivity index (χ4n) is 1.59. The van der Waals surface area contributed by atoms with Crippen LogP contribution in [-0.4, -0.2) is 30.2 Å². The van der Waals surface area contributed by atoms with Gasteiger partial charge in [-0.3, -0.25) is 4.79 Å². The fraction of sp³-hybridized carbons (Fsp3) is 0.750. The maximum Gasteiger partial charge on any atom is 0.314 e. The molecule has 5 nitrogen and oxygen atoms in total. The quantitative estimate of drug-likeness (QED) is 0.575. The topological polar surface area (TPSA) is 78.4 Å². The van der Waals surface area contributed by atoms with E-state index in [1.54, 1.807) is 7.05 Å². The smallest absolute Gasteiger partial charge is 0.314 e. The lowest BCUT2D eigenvalue weighted by atomic mass is 10.1. The van der Waals surface area contributed by atoms with E-state index in [1.165, 1.54) is 0 Å². The van der Waals surface area contributed by atoms with Crippen molar-refractivity contribution in [3.05, 3.63) is 0 Å². The highest BCUT2D eigenvalue weighted by Gasteiger charge is 2.30. The lowest BCUT2D eigenvalue weighted by molar-refractivity contribution is -0.141. The van der Waals surface area contributed by atoms with Crippen LogP contribution in [0.1, 0.15) is 19.3 Å². The molecular formula is C8H14N2O3. The van der Waals surface area contributed by atoms with Crippen molar-refractivity contribution in [3.8, 4) is 0 Å². The first kappa shape index (κ1) is 9.83. The van der Waals surface area contributed by atoms with Crippen molar-refractivity contribution in [2.75, 3.05) is 7.05 Å². The minimum Gasteiger partial charge on any atom is -0.481 e. The van der Waals surface area contributed by atoms with Gasteiger partial charge in [0, 0.05) is 13.1 Å². The van der Waals surface area contributed by atoms with Gasteiger partial charge < -0.3 is 15.7 Å². The lowest BCUT2D eigenvalue weighted by Gasteiger charge is -2.11. The summed E-state index contributed by atoms with van der Waals surface area (Å²) in [7, 11) is 1.54. The molecule has 0 spiro atoms. The van der Waals surface area contributed by atoms with Crippen LogP contribution in [0, 0.1) is 5.92 Å². The highest BCUT2D eigenvalue weighted by atomic mass is 16.4. The van der Waals surface area contributed by atoms with Crippen molar-refractivity contribution in [1.29, 1.82) is 0 Å². The summed E-state index contributed by atoms with van der Waals surface area (Å²) in [5.74, 6) is -1.05.